The molecule has 1 atom stereocenters. The Labute approximate surface area is 89.7 Å². The maximum atomic E-state index is 10.9. The summed E-state index contributed by atoms with van der Waals surface area (Å²) in [7, 11) is 0. The Morgan fingerprint density at radius 2 is 2.27 bits per heavy atom. The van der Waals surface area contributed by atoms with Gasteiger partial charge in [-0.25, -0.2) is 0 Å². The number of hydrogen-bond acceptors (Lipinski definition) is 3. The molecule has 1 heterocycles. The average Bonchev–Trinajstić information content (AvgIpc) is 2.17. The Bertz CT molecular complexity index is 399. The molecule has 0 fully saturated rings. The molecule has 3 N–H and O–H groups in total. The van der Waals surface area contributed by atoms with E-state index in [1.54, 1.807) is 0 Å². The maximum Gasteiger partial charge on any atom is 0.141 e. The molecule has 3 heteroatoms. The number of rotatable bonds is 1. The Balaban J connectivity index is 2.58. The predicted octanol–water partition coefficient (Wildman–Crippen LogP) is 1.39. The van der Waals surface area contributed by atoms with Crippen molar-refractivity contribution in [3.8, 4) is 0 Å². The molecular weight excluding hydrogens is 188 g/mol. The molecule has 0 saturated heterocycles. The van der Waals surface area contributed by atoms with Crippen LogP contribution in [0.2, 0.25) is 0 Å². The zero-order valence-electron chi connectivity index (χ0n) is 9.08. The van der Waals surface area contributed by atoms with Crippen LogP contribution in [0.3, 0.4) is 0 Å². The minimum Gasteiger partial charge on any atom is -0.399 e. The van der Waals surface area contributed by atoms with Crippen LogP contribution < -0.4 is 11.1 Å². The summed E-state index contributed by atoms with van der Waals surface area (Å²) in [6.45, 7) is 5.14. The molecule has 0 radical (unpaired) electrons. The van der Waals surface area contributed by atoms with Crippen LogP contribution in [-0.4, -0.2) is 12.8 Å². The van der Waals surface area contributed by atoms with Gasteiger partial charge < -0.3 is 15.8 Å². The van der Waals surface area contributed by atoms with Crippen molar-refractivity contribution in [3.05, 3.63) is 29.3 Å². The molecule has 0 amide bonds. The summed E-state index contributed by atoms with van der Waals surface area (Å²) < 4.78 is 0. The third kappa shape index (κ3) is 1.63. The Kier molecular flexibility index (Phi) is 2.27. The fraction of sp³-hybridized carbons (Fsp3) is 0.417. The molecule has 1 aliphatic rings. The molecule has 0 spiro atoms. The quantitative estimate of drug-likeness (QED) is 0.537. The second-order valence-electron chi connectivity index (χ2n) is 4.73. The molecule has 1 aliphatic heterocycles. The number of carbonyl (C=O) groups excluding carboxylic acids is 1. The van der Waals surface area contributed by atoms with Crippen LogP contribution in [0.4, 0.5) is 5.69 Å². The van der Waals surface area contributed by atoms with Gasteiger partial charge in [0.25, 0.3) is 0 Å². The molecule has 80 valence electrons. The Morgan fingerprint density at radius 3 is 2.93 bits per heavy atom. The normalized spacial score (nSPS) is 23.2. The first-order valence-electron chi connectivity index (χ1n) is 5.13. The van der Waals surface area contributed by atoms with Gasteiger partial charge in [0.2, 0.25) is 0 Å². The van der Waals surface area contributed by atoms with Crippen LogP contribution in [0, 0.1) is 0 Å². The minimum atomic E-state index is -0.212. The molecule has 0 aromatic heterocycles. The molecule has 0 bridgehead atoms. The number of carbonyl (C=O) groups is 1. The van der Waals surface area contributed by atoms with Crippen molar-refractivity contribution in [3.63, 3.8) is 0 Å². The summed E-state index contributed by atoms with van der Waals surface area (Å²) in [6.07, 6.45) is 0.938. The van der Waals surface area contributed by atoms with E-state index in [9.17, 15) is 4.79 Å². The van der Waals surface area contributed by atoms with Gasteiger partial charge in [-0.3, -0.25) is 0 Å². The lowest BCUT2D eigenvalue weighted by Gasteiger charge is -2.36. The lowest BCUT2D eigenvalue weighted by Crippen LogP contribution is -2.42. The Hall–Kier alpha value is -1.35. The van der Waals surface area contributed by atoms with Crippen molar-refractivity contribution < 1.29 is 4.79 Å². The van der Waals surface area contributed by atoms with Crippen LogP contribution >= 0.6 is 0 Å². The van der Waals surface area contributed by atoms with E-state index in [-0.39, 0.29) is 11.5 Å². The molecule has 1 aromatic carbocycles. The highest BCUT2D eigenvalue weighted by molar-refractivity contribution is 5.66. The summed E-state index contributed by atoms with van der Waals surface area (Å²) in [5.74, 6) is 0. The zero-order valence-corrected chi connectivity index (χ0v) is 9.08. The second-order valence-corrected chi connectivity index (χ2v) is 4.73. The number of nitrogen functional groups attached to an aromatic ring is 1. The molecule has 15 heavy (non-hydrogen) atoms. The summed E-state index contributed by atoms with van der Waals surface area (Å²) in [4.78, 5) is 10.9. The van der Waals surface area contributed by atoms with Crippen molar-refractivity contribution in [1.82, 2.24) is 5.32 Å². The molecular formula is C12H16N2O. The molecule has 2 rings (SSSR count). The first-order valence-corrected chi connectivity index (χ1v) is 5.13. The van der Waals surface area contributed by atoms with E-state index in [1.807, 2.05) is 18.2 Å². The van der Waals surface area contributed by atoms with Crippen LogP contribution in [0.1, 0.15) is 31.0 Å². The fourth-order valence-corrected chi connectivity index (χ4v) is 2.15. The molecule has 1 unspecified atom stereocenters. The van der Waals surface area contributed by atoms with Crippen molar-refractivity contribution in [2.75, 3.05) is 12.3 Å². The van der Waals surface area contributed by atoms with Gasteiger partial charge in [0.1, 0.15) is 6.29 Å². The highest BCUT2D eigenvalue weighted by Gasteiger charge is 2.31. The molecule has 1 aromatic rings. The smallest absolute Gasteiger partial charge is 0.141 e. The van der Waals surface area contributed by atoms with Gasteiger partial charge in [-0.2, -0.15) is 0 Å². The number of aldehydes is 1. The maximum absolute atomic E-state index is 10.9. The predicted molar refractivity (Wildman–Crippen MR) is 60.7 cm³/mol. The lowest BCUT2D eigenvalue weighted by molar-refractivity contribution is -0.109. The highest BCUT2D eigenvalue weighted by Crippen LogP contribution is 2.34. The Morgan fingerprint density at radius 1 is 1.53 bits per heavy atom. The van der Waals surface area contributed by atoms with E-state index < -0.39 is 0 Å². The third-order valence-electron chi connectivity index (χ3n) is 3.04. The SMILES string of the molecule is CC1(C)CNC(C=O)c2cc(N)ccc21. The standard InChI is InChI=1S/C12H16N2O/c1-12(2)7-14-11(6-15)9-5-8(13)3-4-10(9)12/h3-6,11,14H,7,13H2,1-2H3. The molecule has 3 nitrogen and oxygen atoms in total. The van der Waals surface area contributed by atoms with Gasteiger partial charge in [0.15, 0.2) is 0 Å². The number of nitrogens with one attached hydrogen (secondary N) is 1. The van der Waals surface area contributed by atoms with E-state index in [1.165, 1.54) is 5.56 Å². The number of hydrogen-bond donors (Lipinski definition) is 2. The minimum absolute atomic E-state index is 0.0581. The van der Waals surface area contributed by atoms with Gasteiger partial charge >= 0.3 is 0 Å². The number of nitrogens with two attached hydrogens (primary N) is 1. The summed E-state index contributed by atoms with van der Waals surface area (Å²) in [6, 6.07) is 5.61. The fourth-order valence-electron chi connectivity index (χ4n) is 2.15. The van der Waals surface area contributed by atoms with Crippen LogP contribution in [0.15, 0.2) is 18.2 Å². The van der Waals surface area contributed by atoms with Gasteiger partial charge in [-0.15, -0.1) is 0 Å². The number of benzene rings is 1. The molecule has 0 saturated carbocycles. The van der Waals surface area contributed by atoms with Crippen LogP contribution in [0.5, 0.6) is 0 Å². The monoisotopic (exact) mass is 204 g/mol. The van der Waals surface area contributed by atoms with Crippen molar-refractivity contribution in [2.24, 2.45) is 0 Å². The summed E-state index contributed by atoms with van der Waals surface area (Å²) in [5, 5.41) is 3.22. The van der Waals surface area contributed by atoms with Crippen molar-refractivity contribution in [1.29, 1.82) is 0 Å². The summed E-state index contributed by atoms with van der Waals surface area (Å²) in [5.41, 5.74) is 8.74. The van der Waals surface area contributed by atoms with Crippen molar-refractivity contribution >= 4 is 12.0 Å². The largest absolute Gasteiger partial charge is 0.399 e. The van der Waals surface area contributed by atoms with Gasteiger partial charge in [0.05, 0.1) is 6.04 Å². The van der Waals surface area contributed by atoms with Crippen molar-refractivity contribution in [2.45, 2.75) is 25.3 Å². The average molecular weight is 204 g/mol. The zero-order chi connectivity index (χ0) is 11.1. The first kappa shape index (κ1) is 10.2. The van der Waals surface area contributed by atoms with E-state index >= 15 is 0 Å². The third-order valence-corrected chi connectivity index (χ3v) is 3.04. The topological polar surface area (TPSA) is 55.1 Å². The highest BCUT2D eigenvalue weighted by atomic mass is 16.1. The second kappa shape index (κ2) is 3.35. The van der Waals surface area contributed by atoms with E-state index in [0.29, 0.717) is 5.69 Å². The van der Waals surface area contributed by atoms with Crippen LogP contribution in [-0.2, 0) is 10.2 Å². The van der Waals surface area contributed by atoms with Gasteiger partial charge in [-0.1, -0.05) is 19.9 Å². The van der Waals surface area contributed by atoms with E-state index in [4.69, 9.17) is 5.73 Å². The number of fused-ring (bicyclic) bond motifs is 1. The summed E-state index contributed by atoms with van der Waals surface area (Å²) >= 11 is 0. The van der Waals surface area contributed by atoms with Gasteiger partial charge in [0, 0.05) is 17.6 Å². The van der Waals surface area contributed by atoms with E-state index in [2.05, 4.69) is 19.2 Å². The van der Waals surface area contributed by atoms with Crippen LogP contribution in [0.25, 0.3) is 0 Å². The number of anilines is 1. The van der Waals surface area contributed by atoms with Gasteiger partial charge in [-0.05, 0) is 23.3 Å². The van der Waals surface area contributed by atoms with E-state index in [0.717, 1.165) is 18.4 Å². The lowest BCUT2D eigenvalue weighted by atomic mass is 9.77. The first-order chi connectivity index (χ1) is 7.04. The molecule has 0 aliphatic carbocycles.